The minimum atomic E-state index is 0.483. The predicted molar refractivity (Wildman–Crippen MR) is 117 cm³/mol. The van der Waals surface area contributed by atoms with Crippen molar-refractivity contribution in [3.05, 3.63) is 47.0 Å². The Kier molecular flexibility index (Phi) is 8.54. The average Bonchev–Trinajstić information content (AvgIpc) is 3.14. The minimum Gasteiger partial charge on any atom is -0.356 e. The molecule has 1 aromatic carbocycles. The van der Waals surface area contributed by atoms with Crippen molar-refractivity contribution in [2.24, 2.45) is 4.99 Å². The lowest BCUT2D eigenvalue weighted by molar-refractivity contribution is 0.238. The van der Waals surface area contributed by atoms with Gasteiger partial charge in [-0.15, -0.1) is 11.3 Å². The summed E-state index contributed by atoms with van der Waals surface area (Å²) in [5, 5.41) is 9.83. The lowest BCUT2D eigenvalue weighted by Crippen LogP contribution is -2.39. The summed E-state index contributed by atoms with van der Waals surface area (Å²) in [4.78, 5) is 13.3. The largest absolute Gasteiger partial charge is 0.356 e. The van der Waals surface area contributed by atoms with Crippen LogP contribution in [0.3, 0.4) is 0 Å². The van der Waals surface area contributed by atoms with Crippen molar-refractivity contribution >= 4 is 22.4 Å². The highest BCUT2D eigenvalue weighted by Gasteiger charge is 2.10. The quantitative estimate of drug-likeness (QED) is 0.511. The van der Waals surface area contributed by atoms with Gasteiger partial charge in [-0.25, -0.2) is 4.98 Å². The summed E-state index contributed by atoms with van der Waals surface area (Å²) in [5.74, 6) is 0.812. The van der Waals surface area contributed by atoms with Gasteiger partial charge in [0.15, 0.2) is 11.1 Å². The lowest BCUT2D eigenvalue weighted by Gasteiger charge is -2.25. The second kappa shape index (κ2) is 10.9. The molecule has 2 rings (SSSR count). The summed E-state index contributed by atoms with van der Waals surface area (Å²) < 4.78 is 0. The number of aromatic nitrogens is 1. The highest BCUT2D eigenvalue weighted by Crippen LogP contribution is 2.17. The van der Waals surface area contributed by atoms with E-state index in [9.17, 15) is 0 Å². The first kappa shape index (κ1) is 21.2. The number of anilines is 1. The Labute approximate surface area is 167 Å². The maximum atomic E-state index is 4.58. The van der Waals surface area contributed by atoms with E-state index >= 15 is 0 Å². The molecule has 2 aromatic rings. The molecule has 0 saturated heterocycles. The van der Waals surface area contributed by atoms with Crippen LogP contribution in [-0.4, -0.2) is 56.6 Å². The van der Waals surface area contributed by atoms with Crippen molar-refractivity contribution < 1.29 is 0 Å². The Hall–Kier alpha value is -2.12. The molecule has 0 aliphatic rings. The van der Waals surface area contributed by atoms with Gasteiger partial charge in [0, 0.05) is 45.7 Å². The molecule has 27 heavy (non-hydrogen) atoms. The average molecular weight is 389 g/mol. The van der Waals surface area contributed by atoms with E-state index in [4.69, 9.17) is 0 Å². The van der Waals surface area contributed by atoms with Crippen molar-refractivity contribution in [3.63, 3.8) is 0 Å². The molecular formula is C20H32N6S. The molecule has 1 aromatic heterocycles. The molecule has 0 amide bonds. The third-order valence-corrected chi connectivity index (χ3v) is 5.52. The van der Waals surface area contributed by atoms with Crippen LogP contribution in [0.5, 0.6) is 0 Å². The Bertz CT molecular complexity index is 698. The van der Waals surface area contributed by atoms with Gasteiger partial charge in [0.1, 0.15) is 0 Å². The molecule has 0 saturated carbocycles. The number of hydrogen-bond donors (Lipinski definition) is 2. The van der Waals surface area contributed by atoms with Gasteiger partial charge in [-0.2, -0.15) is 0 Å². The maximum Gasteiger partial charge on any atom is 0.191 e. The molecular weight excluding hydrogens is 356 g/mol. The Morgan fingerprint density at radius 2 is 1.93 bits per heavy atom. The molecule has 6 nitrogen and oxygen atoms in total. The number of nitrogens with one attached hydrogen (secondary N) is 2. The fourth-order valence-electron chi connectivity index (χ4n) is 2.62. The van der Waals surface area contributed by atoms with Crippen molar-refractivity contribution in [1.29, 1.82) is 0 Å². The summed E-state index contributed by atoms with van der Waals surface area (Å²) in [6, 6.07) is 11.1. The molecule has 2 N–H and O–H groups in total. The molecule has 0 fully saturated rings. The molecule has 0 aliphatic carbocycles. The molecule has 1 atom stereocenters. The van der Waals surface area contributed by atoms with Gasteiger partial charge in [0.25, 0.3) is 0 Å². The highest BCUT2D eigenvalue weighted by molar-refractivity contribution is 7.13. The van der Waals surface area contributed by atoms with Gasteiger partial charge in [-0.05, 0) is 26.0 Å². The lowest BCUT2D eigenvalue weighted by atomic mass is 10.1. The Morgan fingerprint density at radius 3 is 2.56 bits per heavy atom. The normalized spacial score (nSPS) is 12.9. The Morgan fingerprint density at radius 1 is 1.19 bits per heavy atom. The monoisotopic (exact) mass is 388 g/mol. The van der Waals surface area contributed by atoms with Crippen molar-refractivity contribution in [1.82, 2.24) is 20.5 Å². The molecule has 0 bridgehead atoms. The number of nitrogens with zero attached hydrogens (tertiary/aromatic N) is 4. The number of benzene rings is 1. The molecule has 7 heteroatoms. The van der Waals surface area contributed by atoms with Crippen molar-refractivity contribution in [3.8, 4) is 0 Å². The van der Waals surface area contributed by atoms with E-state index in [-0.39, 0.29) is 0 Å². The van der Waals surface area contributed by atoms with Crippen LogP contribution >= 0.6 is 11.3 Å². The fourth-order valence-corrected chi connectivity index (χ4v) is 3.38. The maximum absolute atomic E-state index is 4.58. The van der Waals surface area contributed by atoms with Crippen LogP contribution in [-0.2, 0) is 13.1 Å². The van der Waals surface area contributed by atoms with Gasteiger partial charge >= 0.3 is 0 Å². The van der Waals surface area contributed by atoms with E-state index in [1.807, 2.05) is 19.0 Å². The van der Waals surface area contributed by atoms with E-state index in [1.54, 1.807) is 18.4 Å². The number of thiazole rings is 1. The molecule has 0 aliphatic heterocycles. The van der Waals surface area contributed by atoms with Crippen LogP contribution in [0.1, 0.15) is 24.6 Å². The second-order valence-electron chi connectivity index (χ2n) is 6.91. The molecule has 1 unspecified atom stereocenters. The summed E-state index contributed by atoms with van der Waals surface area (Å²) in [7, 11) is 7.99. The molecule has 148 valence electrons. The first-order valence-electron chi connectivity index (χ1n) is 9.30. The number of hydrogen-bond acceptors (Lipinski definition) is 5. The zero-order valence-corrected chi connectivity index (χ0v) is 17.9. The third-order valence-electron chi connectivity index (χ3n) is 4.46. The van der Waals surface area contributed by atoms with Crippen LogP contribution in [0.25, 0.3) is 0 Å². The highest BCUT2D eigenvalue weighted by atomic mass is 32.1. The van der Waals surface area contributed by atoms with E-state index in [2.05, 4.69) is 75.2 Å². The van der Waals surface area contributed by atoms with Gasteiger partial charge in [0.2, 0.25) is 0 Å². The van der Waals surface area contributed by atoms with E-state index in [0.29, 0.717) is 12.6 Å². The number of aliphatic imine (C=N–C) groups is 1. The Balaban J connectivity index is 1.70. The van der Waals surface area contributed by atoms with Gasteiger partial charge in [-0.1, -0.05) is 30.3 Å². The zero-order chi connectivity index (χ0) is 19.6. The number of rotatable bonds is 9. The summed E-state index contributed by atoms with van der Waals surface area (Å²) in [6.07, 6.45) is 1.05. The topological polar surface area (TPSA) is 55.8 Å². The van der Waals surface area contributed by atoms with Gasteiger partial charge in [-0.3, -0.25) is 9.89 Å². The predicted octanol–water partition coefficient (Wildman–Crippen LogP) is 2.78. The van der Waals surface area contributed by atoms with Gasteiger partial charge < -0.3 is 15.5 Å². The number of guanidine groups is 1. The summed E-state index contributed by atoms with van der Waals surface area (Å²) in [5.41, 5.74) is 2.38. The smallest absolute Gasteiger partial charge is 0.191 e. The summed E-state index contributed by atoms with van der Waals surface area (Å²) in [6.45, 7) is 4.78. The van der Waals surface area contributed by atoms with E-state index in [1.165, 1.54) is 5.56 Å². The fraction of sp³-hybridized carbons (Fsp3) is 0.500. The first-order valence-corrected chi connectivity index (χ1v) is 10.2. The van der Waals surface area contributed by atoms with Crippen LogP contribution in [0.2, 0.25) is 0 Å². The van der Waals surface area contributed by atoms with E-state index in [0.717, 1.165) is 36.3 Å². The van der Waals surface area contributed by atoms with Crippen LogP contribution in [0, 0.1) is 0 Å². The molecule has 1 heterocycles. The second-order valence-corrected chi connectivity index (χ2v) is 7.74. The van der Waals surface area contributed by atoms with Crippen LogP contribution in [0.15, 0.2) is 40.7 Å². The first-order chi connectivity index (χ1) is 13.0. The van der Waals surface area contributed by atoms with Gasteiger partial charge in [0.05, 0.1) is 12.2 Å². The van der Waals surface area contributed by atoms with Crippen LogP contribution in [0.4, 0.5) is 5.13 Å². The molecule has 0 radical (unpaired) electrons. The van der Waals surface area contributed by atoms with Crippen molar-refractivity contribution in [2.75, 3.05) is 39.6 Å². The molecule has 0 spiro atoms. The van der Waals surface area contributed by atoms with Crippen molar-refractivity contribution in [2.45, 2.75) is 32.5 Å². The zero-order valence-electron chi connectivity index (χ0n) is 17.1. The SMILES string of the molecule is CN=C(NCCC(C)N(C)Cc1ccccc1)NCc1csc(N(C)C)n1. The summed E-state index contributed by atoms with van der Waals surface area (Å²) >= 11 is 1.65. The minimum absolute atomic E-state index is 0.483. The third kappa shape index (κ3) is 7.19. The van der Waals surface area contributed by atoms with Crippen LogP contribution < -0.4 is 15.5 Å². The van der Waals surface area contributed by atoms with E-state index < -0.39 is 0 Å². The standard InChI is InChI=1S/C20H32N6S/c1-16(26(5)14-17-9-7-6-8-10-17)11-12-22-19(21-2)23-13-18-15-27-20(24-18)25(3)4/h6-10,15-16H,11-14H2,1-5H3,(H2,21,22,23).